The van der Waals surface area contributed by atoms with Gasteiger partial charge in [-0.2, -0.15) is 0 Å². The van der Waals surface area contributed by atoms with Crippen LogP contribution in [-0.2, 0) is 14.8 Å². The lowest BCUT2D eigenvalue weighted by Gasteiger charge is -2.32. The van der Waals surface area contributed by atoms with E-state index >= 15 is 0 Å². The monoisotopic (exact) mass is 329 g/mol. The summed E-state index contributed by atoms with van der Waals surface area (Å²) in [7, 11) is -2.32. The van der Waals surface area contributed by atoms with Crippen LogP contribution in [0.15, 0.2) is 17.0 Å². The third-order valence-electron chi connectivity index (χ3n) is 4.08. The lowest BCUT2D eigenvalue weighted by Crippen LogP contribution is -2.46. The zero-order valence-corrected chi connectivity index (χ0v) is 14.0. The zero-order chi connectivity index (χ0) is 16.4. The van der Waals surface area contributed by atoms with Crippen LogP contribution in [-0.4, -0.2) is 46.0 Å². The van der Waals surface area contributed by atoms with E-state index in [9.17, 15) is 13.5 Å². The first-order chi connectivity index (χ1) is 10.3. The van der Waals surface area contributed by atoms with Crippen molar-refractivity contribution in [1.29, 1.82) is 0 Å². The van der Waals surface area contributed by atoms with E-state index in [0.29, 0.717) is 31.8 Å². The summed E-state index contributed by atoms with van der Waals surface area (Å²) in [5.74, 6) is 0.301. The highest BCUT2D eigenvalue weighted by Crippen LogP contribution is 2.28. The van der Waals surface area contributed by atoms with E-state index in [2.05, 4.69) is 4.72 Å². The maximum atomic E-state index is 12.5. The van der Waals surface area contributed by atoms with Gasteiger partial charge >= 0.3 is 0 Å². The Morgan fingerprint density at radius 2 is 1.86 bits per heavy atom. The van der Waals surface area contributed by atoms with Crippen LogP contribution in [0.3, 0.4) is 0 Å². The largest absolute Gasteiger partial charge is 0.495 e. The van der Waals surface area contributed by atoms with Crippen molar-refractivity contribution in [3.63, 3.8) is 0 Å². The number of benzene rings is 1. The van der Waals surface area contributed by atoms with Crippen molar-refractivity contribution in [3.05, 3.63) is 23.3 Å². The van der Waals surface area contributed by atoms with Gasteiger partial charge in [0.05, 0.1) is 12.7 Å². The molecule has 1 saturated heterocycles. The number of aliphatic hydroxyl groups is 1. The van der Waals surface area contributed by atoms with Crippen molar-refractivity contribution >= 4 is 10.0 Å². The molecular formula is C15H23NO5S. The number of nitrogens with one attached hydrogen (secondary N) is 1. The molecule has 1 heterocycles. The van der Waals surface area contributed by atoms with Gasteiger partial charge in [0, 0.05) is 32.6 Å². The number of sulfonamides is 1. The molecule has 0 radical (unpaired) electrons. The number of methoxy groups -OCH3 is 1. The predicted octanol–water partition coefficient (Wildman–Crippen LogP) is 1.13. The summed E-state index contributed by atoms with van der Waals surface area (Å²) in [5.41, 5.74) is 0.767. The Hall–Kier alpha value is -1.15. The summed E-state index contributed by atoms with van der Waals surface area (Å²) in [6.07, 6.45) is 0.833. The fourth-order valence-corrected chi connectivity index (χ4v) is 3.72. The van der Waals surface area contributed by atoms with Gasteiger partial charge in [-0.15, -0.1) is 0 Å². The first-order valence-corrected chi connectivity index (χ1v) is 8.71. The minimum Gasteiger partial charge on any atom is -0.495 e. The van der Waals surface area contributed by atoms with Crippen LogP contribution < -0.4 is 9.46 Å². The van der Waals surface area contributed by atoms with Crippen molar-refractivity contribution in [1.82, 2.24) is 4.72 Å². The second kappa shape index (κ2) is 6.54. The van der Waals surface area contributed by atoms with E-state index in [1.54, 1.807) is 12.1 Å². The zero-order valence-electron chi connectivity index (χ0n) is 13.2. The van der Waals surface area contributed by atoms with Crippen molar-refractivity contribution < 1.29 is 23.0 Å². The van der Waals surface area contributed by atoms with Crippen LogP contribution in [0.1, 0.15) is 24.0 Å². The first kappa shape index (κ1) is 17.2. The van der Waals surface area contributed by atoms with Crippen LogP contribution in [0.25, 0.3) is 0 Å². The molecule has 1 aliphatic rings. The number of hydrogen-bond acceptors (Lipinski definition) is 5. The molecule has 2 rings (SSSR count). The Morgan fingerprint density at radius 1 is 1.27 bits per heavy atom. The minimum atomic E-state index is -3.76. The van der Waals surface area contributed by atoms with E-state index in [4.69, 9.17) is 9.47 Å². The van der Waals surface area contributed by atoms with Gasteiger partial charge in [-0.05, 0) is 37.1 Å². The molecule has 7 heteroatoms. The highest BCUT2D eigenvalue weighted by atomic mass is 32.2. The van der Waals surface area contributed by atoms with Gasteiger partial charge in [-0.1, -0.05) is 0 Å². The normalized spacial score (nSPS) is 18.2. The molecular weight excluding hydrogens is 306 g/mol. The summed E-state index contributed by atoms with van der Waals surface area (Å²) in [5, 5.41) is 10.4. The molecule has 1 fully saturated rings. The summed E-state index contributed by atoms with van der Waals surface area (Å²) in [6.45, 7) is 4.58. The molecule has 0 amide bonds. The molecule has 124 valence electrons. The summed E-state index contributed by atoms with van der Waals surface area (Å²) < 4.78 is 37.9. The fraction of sp³-hybridized carbons (Fsp3) is 0.600. The first-order valence-electron chi connectivity index (χ1n) is 7.22. The maximum absolute atomic E-state index is 12.5. The molecule has 1 aromatic carbocycles. The SMILES string of the molecule is COc1cc(C)c(C)cc1S(=O)(=O)NCC1(O)CCOCC1. The molecule has 0 spiro atoms. The molecule has 0 atom stereocenters. The molecule has 1 aromatic rings. The van der Waals surface area contributed by atoms with Gasteiger partial charge in [-0.3, -0.25) is 0 Å². The molecule has 6 nitrogen and oxygen atoms in total. The van der Waals surface area contributed by atoms with Gasteiger partial charge in [0.25, 0.3) is 0 Å². The molecule has 22 heavy (non-hydrogen) atoms. The maximum Gasteiger partial charge on any atom is 0.244 e. The Morgan fingerprint density at radius 3 is 2.45 bits per heavy atom. The van der Waals surface area contributed by atoms with Crippen molar-refractivity contribution in [2.75, 3.05) is 26.9 Å². The van der Waals surface area contributed by atoms with Gasteiger partial charge in [-0.25, -0.2) is 13.1 Å². The lowest BCUT2D eigenvalue weighted by atomic mass is 9.95. The number of hydrogen-bond donors (Lipinski definition) is 2. The van der Waals surface area contributed by atoms with Crippen LogP contribution in [0.5, 0.6) is 5.75 Å². The minimum absolute atomic E-state index is 0.0330. The van der Waals surface area contributed by atoms with E-state index in [-0.39, 0.29) is 11.4 Å². The molecule has 0 saturated carbocycles. The molecule has 2 N–H and O–H groups in total. The number of rotatable bonds is 5. The Labute approximate surface area is 131 Å². The average Bonchev–Trinajstić information content (AvgIpc) is 2.48. The summed E-state index contributed by atoms with van der Waals surface area (Å²) >= 11 is 0. The highest BCUT2D eigenvalue weighted by molar-refractivity contribution is 7.89. The smallest absolute Gasteiger partial charge is 0.244 e. The summed E-state index contributed by atoms with van der Waals surface area (Å²) in [4.78, 5) is 0.0914. The third kappa shape index (κ3) is 3.78. The van der Waals surface area contributed by atoms with E-state index in [1.165, 1.54) is 7.11 Å². The number of ether oxygens (including phenoxy) is 2. The summed E-state index contributed by atoms with van der Waals surface area (Å²) in [6, 6.07) is 3.29. The van der Waals surface area contributed by atoms with Gasteiger partial charge < -0.3 is 14.6 Å². The van der Waals surface area contributed by atoms with E-state index < -0.39 is 15.6 Å². The Bertz CT molecular complexity index is 636. The van der Waals surface area contributed by atoms with Crippen LogP contribution in [0.4, 0.5) is 0 Å². The fourth-order valence-electron chi connectivity index (χ4n) is 2.37. The lowest BCUT2D eigenvalue weighted by molar-refractivity contribution is -0.0588. The highest BCUT2D eigenvalue weighted by Gasteiger charge is 2.32. The van der Waals surface area contributed by atoms with Gasteiger partial charge in [0.15, 0.2) is 0 Å². The van der Waals surface area contributed by atoms with Crippen LogP contribution >= 0.6 is 0 Å². The molecule has 0 aromatic heterocycles. The average molecular weight is 329 g/mol. The molecule has 1 aliphatic heterocycles. The van der Waals surface area contributed by atoms with Crippen molar-refractivity contribution in [3.8, 4) is 5.75 Å². The quantitative estimate of drug-likeness (QED) is 0.846. The van der Waals surface area contributed by atoms with E-state index in [0.717, 1.165) is 11.1 Å². The number of aryl methyl sites for hydroxylation is 2. The van der Waals surface area contributed by atoms with Crippen molar-refractivity contribution in [2.45, 2.75) is 37.2 Å². The third-order valence-corrected chi connectivity index (χ3v) is 5.51. The van der Waals surface area contributed by atoms with Gasteiger partial charge in [0.2, 0.25) is 10.0 Å². The van der Waals surface area contributed by atoms with Crippen LogP contribution in [0.2, 0.25) is 0 Å². The predicted molar refractivity (Wildman–Crippen MR) is 82.7 cm³/mol. The van der Waals surface area contributed by atoms with Crippen molar-refractivity contribution in [2.24, 2.45) is 0 Å². The second-order valence-corrected chi connectivity index (χ2v) is 7.48. The standard InChI is InChI=1S/C15H23NO5S/c1-11-8-13(20-3)14(9-12(11)2)22(18,19)16-10-15(17)4-6-21-7-5-15/h8-9,16-17H,4-7,10H2,1-3H3. The topological polar surface area (TPSA) is 84.9 Å². The Kier molecular flexibility index (Phi) is 5.11. The van der Waals surface area contributed by atoms with Crippen LogP contribution in [0, 0.1) is 13.8 Å². The van der Waals surface area contributed by atoms with Gasteiger partial charge in [0.1, 0.15) is 10.6 Å². The molecule has 0 aliphatic carbocycles. The molecule has 0 bridgehead atoms. The second-order valence-electron chi connectivity index (χ2n) is 5.75. The van der Waals surface area contributed by atoms with E-state index in [1.807, 2.05) is 13.8 Å². The Balaban J connectivity index is 2.21. The molecule has 0 unspecified atom stereocenters.